The van der Waals surface area contributed by atoms with Crippen LogP contribution in [-0.2, 0) is 12.8 Å². The van der Waals surface area contributed by atoms with Crippen LogP contribution in [0.1, 0.15) is 34.3 Å². The number of hydrogen-bond donors (Lipinski definition) is 0. The van der Waals surface area contributed by atoms with E-state index in [1.165, 1.54) is 11.1 Å². The Hall–Kier alpha value is -1.41. The Kier molecular flexibility index (Phi) is 3.28. The summed E-state index contributed by atoms with van der Waals surface area (Å²) in [4.78, 5) is 12.4. The fraction of sp³-hybridized carbons (Fsp3) is 0.312. The third-order valence-electron chi connectivity index (χ3n) is 3.78. The fourth-order valence-electron chi connectivity index (χ4n) is 2.71. The van der Waals surface area contributed by atoms with Crippen LogP contribution < -0.4 is 0 Å². The van der Waals surface area contributed by atoms with E-state index in [1.54, 1.807) is 11.3 Å². The van der Waals surface area contributed by atoms with Gasteiger partial charge in [0.15, 0.2) is 5.78 Å². The van der Waals surface area contributed by atoms with Crippen LogP contribution in [0, 0.1) is 5.92 Å². The maximum atomic E-state index is 12.4. The molecule has 1 atom stereocenters. The molecule has 1 nitrogen and oxygen atoms in total. The van der Waals surface area contributed by atoms with Crippen LogP contribution in [0.5, 0.6) is 0 Å². The average molecular weight is 256 g/mol. The minimum atomic E-state index is 0.222. The number of ketones is 1. The molecular formula is C16H16OS. The summed E-state index contributed by atoms with van der Waals surface area (Å²) < 4.78 is 0. The van der Waals surface area contributed by atoms with Crippen LogP contribution in [0.3, 0.4) is 0 Å². The Morgan fingerprint density at radius 3 is 2.94 bits per heavy atom. The zero-order valence-electron chi connectivity index (χ0n) is 10.3. The molecule has 1 unspecified atom stereocenters. The van der Waals surface area contributed by atoms with E-state index in [-0.39, 0.29) is 5.92 Å². The molecule has 0 fully saturated rings. The topological polar surface area (TPSA) is 17.1 Å². The number of rotatable bonds is 3. The van der Waals surface area contributed by atoms with Crippen molar-refractivity contribution in [3.05, 3.63) is 57.8 Å². The van der Waals surface area contributed by atoms with Gasteiger partial charge < -0.3 is 0 Å². The number of hydrogen-bond acceptors (Lipinski definition) is 2. The number of carbonyl (C=O) groups excluding carboxylic acids is 1. The quantitative estimate of drug-likeness (QED) is 0.807. The predicted octanol–water partition coefficient (Wildman–Crippen LogP) is 4.13. The zero-order chi connectivity index (χ0) is 12.4. The smallest absolute Gasteiger partial charge is 0.166 e. The lowest BCUT2D eigenvalue weighted by molar-refractivity contribution is 0.0895. The molecule has 0 saturated carbocycles. The number of aryl methyl sites for hydroxylation is 2. The number of fused-ring (bicyclic) bond motifs is 1. The van der Waals surface area contributed by atoms with Gasteiger partial charge in [0.05, 0.1) is 0 Å². The molecule has 0 aliphatic heterocycles. The molecule has 1 aliphatic carbocycles. The van der Waals surface area contributed by atoms with E-state index in [4.69, 9.17) is 0 Å². The van der Waals surface area contributed by atoms with Gasteiger partial charge in [-0.1, -0.05) is 24.3 Å². The van der Waals surface area contributed by atoms with Gasteiger partial charge in [0.1, 0.15) is 0 Å². The fourth-order valence-corrected chi connectivity index (χ4v) is 3.41. The number of carbonyl (C=O) groups is 1. The monoisotopic (exact) mass is 256 g/mol. The Morgan fingerprint density at radius 2 is 2.11 bits per heavy atom. The van der Waals surface area contributed by atoms with E-state index in [9.17, 15) is 4.79 Å². The molecule has 2 aromatic rings. The highest BCUT2D eigenvalue weighted by Gasteiger charge is 2.26. The highest BCUT2D eigenvalue weighted by atomic mass is 32.1. The van der Waals surface area contributed by atoms with Crippen LogP contribution in [0.4, 0.5) is 0 Å². The highest BCUT2D eigenvalue weighted by Crippen LogP contribution is 2.28. The van der Waals surface area contributed by atoms with Gasteiger partial charge in [-0.15, -0.1) is 0 Å². The molecule has 0 amide bonds. The van der Waals surface area contributed by atoms with Gasteiger partial charge in [0, 0.05) is 11.5 Å². The molecule has 92 valence electrons. The summed E-state index contributed by atoms with van der Waals surface area (Å²) in [5.41, 5.74) is 3.56. The molecule has 0 spiro atoms. The largest absolute Gasteiger partial charge is 0.294 e. The van der Waals surface area contributed by atoms with Crippen molar-refractivity contribution in [3.63, 3.8) is 0 Å². The molecule has 0 N–H and O–H groups in total. The Labute approximate surface area is 111 Å². The Morgan fingerprint density at radius 1 is 1.22 bits per heavy atom. The SMILES string of the molecule is O=C1c2ccccc2CCC1CCc1ccsc1. The average Bonchev–Trinajstić information content (AvgIpc) is 2.91. The van der Waals surface area contributed by atoms with Crippen LogP contribution in [0.15, 0.2) is 41.1 Å². The third kappa shape index (κ3) is 2.25. The highest BCUT2D eigenvalue weighted by molar-refractivity contribution is 7.07. The molecule has 1 heterocycles. The maximum absolute atomic E-state index is 12.4. The van der Waals surface area contributed by atoms with Gasteiger partial charge in [-0.2, -0.15) is 11.3 Å². The molecule has 1 aromatic heterocycles. The molecule has 1 aliphatic rings. The van der Waals surface area contributed by atoms with Crippen LogP contribution in [0.2, 0.25) is 0 Å². The standard InChI is InChI=1S/C16H16OS/c17-16-14(6-5-12-9-10-18-11-12)8-7-13-3-1-2-4-15(13)16/h1-4,9-11,14H,5-8H2. The van der Waals surface area contributed by atoms with E-state index in [1.807, 2.05) is 18.2 Å². The van der Waals surface area contributed by atoms with Crippen molar-refractivity contribution in [2.75, 3.05) is 0 Å². The summed E-state index contributed by atoms with van der Waals surface area (Å²) in [6.45, 7) is 0. The van der Waals surface area contributed by atoms with Crippen molar-refractivity contribution in [1.29, 1.82) is 0 Å². The summed E-state index contributed by atoms with van der Waals surface area (Å²) in [5, 5.41) is 4.29. The molecule has 0 bridgehead atoms. The van der Waals surface area contributed by atoms with Gasteiger partial charge >= 0.3 is 0 Å². The van der Waals surface area contributed by atoms with E-state index in [0.29, 0.717) is 5.78 Å². The summed E-state index contributed by atoms with van der Waals surface area (Å²) in [7, 11) is 0. The van der Waals surface area contributed by atoms with E-state index < -0.39 is 0 Å². The summed E-state index contributed by atoms with van der Waals surface area (Å²) >= 11 is 1.73. The summed E-state index contributed by atoms with van der Waals surface area (Å²) in [5.74, 6) is 0.576. The van der Waals surface area contributed by atoms with Crippen LogP contribution in [-0.4, -0.2) is 5.78 Å². The summed E-state index contributed by atoms with van der Waals surface area (Å²) in [6.07, 6.45) is 4.09. The second kappa shape index (κ2) is 5.07. The van der Waals surface area contributed by atoms with Crippen LogP contribution >= 0.6 is 11.3 Å². The Bertz CT molecular complexity index is 542. The second-order valence-corrected chi connectivity index (χ2v) is 5.71. The molecular weight excluding hydrogens is 240 g/mol. The molecule has 0 radical (unpaired) electrons. The van der Waals surface area contributed by atoms with Crippen molar-refractivity contribution in [3.8, 4) is 0 Å². The first-order valence-electron chi connectivity index (χ1n) is 6.48. The predicted molar refractivity (Wildman–Crippen MR) is 75.2 cm³/mol. The minimum Gasteiger partial charge on any atom is -0.294 e. The Balaban J connectivity index is 1.71. The first kappa shape index (κ1) is 11.7. The normalized spacial score (nSPS) is 18.7. The lowest BCUT2D eigenvalue weighted by Crippen LogP contribution is -2.22. The number of thiophene rings is 1. The van der Waals surface area contributed by atoms with Gasteiger partial charge in [-0.25, -0.2) is 0 Å². The van der Waals surface area contributed by atoms with Gasteiger partial charge in [0.25, 0.3) is 0 Å². The van der Waals surface area contributed by atoms with Gasteiger partial charge in [-0.05, 0) is 53.6 Å². The number of benzene rings is 1. The second-order valence-electron chi connectivity index (χ2n) is 4.93. The molecule has 1 aromatic carbocycles. The van der Waals surface area contributed by atoms with Crippen molar-refractivity contribution < 1.29 is 4.79 Å². The first-order valence-corrected chi connectivity index (χ1v) is 7.42. The van der Waals surface area contributed by atoms with Gasteiger partial charge in [-0.3, -0.25) is 4.79 Å². The van der Waals surface area contributed by atoms with E-state index in [2.05, 4.69) is 22.9 Å². The first-order chi connectivity index (χ1) is 8.84. The lowest BCUT2D eigenvalue weighted by atomic mass is 9.80. The maximum Gasteiger partial charge on any atom is 0.166 e. The lowest BCUT2D eigenvalue weighted by Gasteiger charge is -2.23. The van der Waals surface area contributed by atoms with Crippen LogP contribution in [0.25, 0.3) is 0 Å². The van der Waals surface area contributed by atoms with Gasteiger partial charge in [0.2, 0.25) is 0 Å². The van der Waals surface area contributed by atoms with Crippen molar-refractivity contribution in [2.24, 2.45) is 5.92 Å². The molecule has 3 rings (SSSR count). The summed E-state index contributed by atoms with van der Waals surface area (Å²) in [6, 6.07) is 10.2. The number of Topliss-reactive ketones (excluding diaryl/α,β-unsaturated/α-hetero) is 1. The van der Waals surface area contributed by atoms with E-state index >= 15 is 0 Å². The molecule has 0 saturated heterocycles. The molecule has 2 heteroatoms. The van der Waals surface area contributed by atoms with Crippen molar-refractivity contribution in [1.82, 2.24) is 0 Å². The minimum absolute atomic E-state index is 0.222. The van der Waals surface area contributed by atoms with Crippen molar-refractivity contribution >= 4 is 17.1 Å². The van der Waals surface area contributed by atoms with Crippen molar-refractivity contribution in [2.45, 2.75) is 25.7 Å². The van der Waals surface area contributed by atoms with E-state index in [0.717, 1.165) is 31.2 Å². The molecule has 18 heavy (non-hydrogen) atoms. The third-order valence-corrected chi connectivity index (χ3v) is 4.51. The zero-order valence-corrected chi connectivity index (χ0v) is 11.1.